The topological polar surface area (TPSA) is 32.3 Å². The number of urea groups is 1. The number of benzene rings is 3. The largest absolute Gasteiger partial charge is 0.326 e. The fourth-order valence-electron chi connectivity index (χ4n) is 3.15. The molecule has 3 aromatic carbocycles. The number of amides is 2. The van der Waals surface area contributed by atoms with Crippen molar-refractivity contribution < 1.29 is 4.79 Å². The van der Waals surface area contributed by atoms with Gasteiger partial charge in [0.15, 0.2) is 0 Å². The van der Waals surface area contributed by atoms with Gasteiger partial charge in [0.25, 0.3) is 0 Å². The monoisotopic (exact) mass is 348 g/mol. The highest BCUT2D eigenvalue weighted by Crippen LogP contribution is 2.31. The number of hydrogen-bond donors (Lipinski definition) is 1. The summed E-state index contributed by atoms with van der Waals surface area (Å²) in [4.78, 5) is 14.4. The van der Waals surface area contributed by atoms with E-state index < -0.39 is 0 Å². The summed E-state index contributed by atoms with van der Waals surface area (Å²) in [7, 11) is 0. The van der Waals surface area contributed by atoms with E-state index in [1.54, 1.807) is 4.90 Å². The Morgan fingerprint density at radius 3 is 2.40 bits per heavy atom. The predicted octanol–water partition coefficient (Wildman–Crippen LogP) is 5.60. The average molecular weight is 349 g/mol. The lowest BCUT2D eigenvalue weighted by atomic mass is 10.1. The summed E-state index contributed by atoms with van der Waals surface area (Å²) in [5.74, 6) is 0. The summed E-state index contributed by atoms with van der Waals surface area (Å²) in [5, 5.41) is 3.68. The van der Waals surface area contributed by atoms with Crippen LogP contribution in [-0.2, 0) is 6.42 Å². The van der Waals surface area contributed by atoms with Gasteiger partial charge in [-0.2, -0.15) is 0 Å². The molecular weight excluding hydrogens is 332 g/mol. The normalized spacial score (nSPS) is 12.8. The minimum atomic E-state index is -0.117. The van der Waals surface area contributed by atoms with Crippen molar-refractivity contribution in [3.8, 4) is 11.1 Å². The number of halogens is 1. The maximum absolute atomic E-state index is 12.6. The Balaban J connectivity index is 1.49. The molecule has 0 saturated carbocycles. The summed E-state index contributed by atoms with van der Waals surface area (Å²) in [6.45, 7) is 0.670. The Morgan fingerprint density at radius 2 is 1.64 bits per heavy atom. The maximum atomic E-state index is 12.6. The fraction of sp³-hybridized carbons (Fsp3) is 0.0952. The molecule has 25 heavy (non-hydrogen) atoms. The molecule has 0 unspecified atom stereocenters. The van der Waals surface area contributed by atoms with E-state index in [0.29, 0.717) is 11.6 Å². The molecule has 0 radical (unpaired) electrons. The summed E-state index contributed by atoms with van der Waals surface area (Å²) in [6, 6.07) is 23.6. The third kappa shape index (κ3) is 3.24. The van der Waals surface area contributed by atoms with Gasteiger partial charge in [-0.15, -0.1) is 0 Å². The Kier molecular flexibility index (Phi) is 4.16. The Labute approximate surface area is 151 Å². The van der Waals surface area contributed by atoms with Crippen LogP contribution in [-0.4, -0.2) is 12.6 Å². The van der Waals surface area contributed by atoms with Gasteiger partial charge in [0.05, 0.1) is 0 Å². The molecule has 0 bridgehead atoms. The zero-order valence-corrected chi connectivity index (χ0v) is 14.3. The lowest BCUT2D eigenvalue weighted by molar-refractivity contribution is 0.257. The molecule has 0 aromatic heterocycles. The van der Waals surface area contributed by atoms with Crippen LogP contribution in [0.1, 0.15) is 5.56 Å². The van der Waals surface area contributed by atoms with Crippen LogP contribution in [0.3, 0.4) is 0 Å². The highest BCUT2D eigenvalue weighted by molar-refractivity contribution is 6.30. The zero-order chi connectivity index (χ0) is 17.2. The first-order valence-electron chi connectivity index (χ1n) is 8.23. The highest BCUT2D eigenvalue weighted by Gasteiger charge is 2.24. The lowest BCUT2D eigenvalue weighted by Crippen LogP contribution is -2.33. The minimum Gasteiger partial charge on any atom is -0.308 e. The number of hydrogen-bond acceptors (Lipinski definition) is 1. The number of fused-ring (bicyclic) bond motifs is 1. The van der Waals surface area contributed by atoms with Crippen molar-refractivity contribution in [3.05, 3.63) is 83.4 Å². The molecule has 1 aliphatic heterocycles. The molecule has 3 aromatic rings. The van der Waals surface area contributed by atoms with Gasteiger partial charge < -0.3 is 5.32 Å². The first-order valence-corrected chi connectivity index (χ1v) is 8.61. The average Bonchev–Trinajstić information content (AvgIpc) is 3.06. The van der Waals surface area contributed by atoms with Crippen molar-refractivity contribution in [1.29, 1.82) is 0 Å². The first kappa shape index (κ1) is 15.7. The molecule has 0 atom stereocenters. The van der Waals surface area contributed by atoms with E-state index in [1.165, 1.54) is 0 Å². The second-order valence-corrected chi connectivity index (χ2v) is 6.48. The van der Waals surface area contributed by atoms with Crippen LogP contribution < -0.4 is 10.2 Å². The molecule has 0 saturated heterocycles. The number of anilines is 2. The Hall–Kier alpha value is -2.78. The first-order chi connectivity index (χ1) is 12.2. The van der Waals surface area contributed by atoms with E-state index >= 15 is 0 Å². The van der Waals surface area contributed by atoms with E-state index in [2.05, 4.69) is 17.4 Å². The molecule has 0 aliphatic carbocycles. The number of carbonyl (C=O) groups excluding carboxylic acids is 1. The minimum absolute atomic E-state index is 0.117. The third-order valence-electron chi connectivity index (χ3n) is 4.43. The van der Waals surface area contributed by atoms with Crippen molar-refractivity contribution in [3.63, 3.8) is 0 Å². The van der Waals surface area contributed by atoms with E-state index in [9.17, 15) is 4.79 Å². The van der Waals surface area contributed by atoms with Crippen LogP contribution in [0.15, 0.2) is 72.8 Å². The van der Waals surface area contributed by atoms with Gasteiger partial charge in [-0.1, -0.05) is 54.1 Å². The van der Waals surface area contributed by atoms with Crippen molar-refractivity contribution >= 4 is 29.0 Å². The highest BCUT2D eigenvalue weighted by atomic mass is 35.5. The number of carbonyl (C=O) groups is 1. The molecule has 2 amide bonds. The van der Waals surface area contributed by atoms with Crippen LogP contribution in [0.5, 0.6) is 0 Å². The van der Waals surface area contributed by atoms with Crippen molar-refractivity contribution in [2.45, 2.75) is 6.42 Å². The summed E-state index contributed by atoms with van der Waals surface area (Å²) in [5.41, 5.74) is 5.11. The molecule has 1 N–H and O–H groups in total. The molecule has 3 nitrogen and oxygen atoms in total. The predicted molar refractivity (Wildman–Crippen MR) is 103 cm³/mol. The van der Waals surface area contributed by atoms with Gasteiger partial charge in [-0.25, -0.2) is 4.79 Å². The lowest BCUT2D eigenvalue weighted by Gasteiger charge is -2.18. The summed E-state index contributed by atoms with van der Waals surface area (Å²) in [6.07, 6.45) is 0.830. The van der Waals surface area contributed by atoms with Gasteiger partial charge in [0, 0.05) is 22.9 Å². The standard InChI is InChI=1S/C21H17ClN2O/c22-18-8-11-20-17(14-18)12-13-24(20)21(25)23-19-9-6-16(7-10-19)15-4-2-1-3-5-15/h1-11,14H,12-13H2,(H,23,25). The van der Waals surface area contributed by atoms with Gasteiger partial charge in [0.1, 0.15) is 0 Å². The van der Waals surface area contributed by atoms with E-state index in [1.807, 2.05) is 60.7 Å². The fourth-order valence-corrected chi connectivity index (χ4v) is 3.34. The van der Waals surface area contributed by atoms with E-state index in [-0.39, 0.29) is 6.03 Å². The molecule has 0 spiro atoms. The number of rotatable bonds is 2. The van der Waals surface area contributed by atoms with Crippen molar-refractivity contribution in [2.24, 2.45) is 0 Å². The van der Waals surface area contributed by atoms with Crippen molar-refractivity contribution in [2.75, 3.05) is 16.8 Å². The molecule has 1 aliphatic rings. The third-order valence-corrected chi connectivity index (χ3v) is 4.66. The molecule has 4 heteroatoms. The molecular formula is C21H17ClN2O. The second-order valence-electron chi connectivity index (χ2n) is 6.05. The Morgan fingerprint density at radius 1 is 0.920 bits per heavy atom. The smallest absolute Gasteiger partial charge is 0.308 e. The maximum Gasteiger partial charge on any atom is 0.326 e. The van der Waals surface area contributed by atoms with Crippen LogP contribution in [0, 0.1) is 0 Å². The van der Waals surface area contributed by atoms with Crippen LogP contribution >= 0.6 is 11.6 Å². The quantitative estimate of drug-likeness (QED) is 0.642. The van der Waals surface area contributed by atoms with Crippen LogP contribution in [0.4, 0.5) is 16.2 Å². The van der Waals surface area contributed by atoms with Gasteiger partial charge in [-0.3, -0.25) is 4.90 Å². The SMILES string of the molecule is O=C(Nc1ccc(-c2ccccc2)cc1)N1CCc2cc(Cl)ccc21. The summed E-state index contributed by atoms with van der Waals surface area (Å²) < 4.78 is 0. The second kappa shape index (κ2) is 6.61. The van der Waals surface area contributed by atoms with Gasteiger partial charge in [-0.05, 0) is 53.4 Å². The molecule has 1 heterocycles. The molecule has 4 rings (SSSR count). The molecule has 0 fully saturated rings. The van der Waals surface area contributed by atoms with E-state index in [4.69, 9.17) is 11.6 Å². The number of nitrogens with zero attached hydrogens (tertiary/aromatic N) is 1. The van der Waals surface area contributed by atoms with Gasteiger partial charge in [0.2, 0.25) is 0 Å². The Bertz CT molecular complexity index is 907. The molecule has 124 valence electrons. The zero-order valence-electron chi connectivity index (χ0n) is 13.6. The van der Waals surface area contributed by atoms with E-state index in [0.717, 1.165) is 34.5 Å². The van der Waals surface area contributed by atoms with Gasteiger partial charge >= 0.3 is 6.03 Å². The van der Waals surface area contributed by atoms with Crippen LogP contribution in [0.2, 0.25) is 5.02 Å². The van der Waals surface area contributed by atoms with Crippen LogP contribution in [0.25, 0.3) is 11.1 Å². The number of nitrogens with one attached hydrogen (secondary N) is 1. The van der Waals surface area contributed by atoms with Crippen molar-refractivity contribution in [1.82, 2.24) is 0 Å². The summed E-state index contributed by atoms with van der Waals surface area (Å²) >= 11 is 6.03.